The molecular weight excluding hydrogens is 306 g/mol. The topological polar surface area (TPSA) is 80.3 Å². The van der Waals surface area contributed by atoms with Crippen molar-refractivity contribution in [3.63, 3.8) is 0 Å². The third-order valence-corrected chi connectivity index (χ3v) is 2.97. The Labute approximate surface area is 132 Å². The van der Waals surface area contributed by atoms with Crippen LogP contribution in [0.15, 0.2) is 42.6 Å². The molecule has 0 radical (unpaired) electrons. The van der Waals surface area contributed by atoms with Gasteiger partial charge >= 0.3 is 0 Å². The van der Waals surface area contributed by atoms with E-state index in [1.165, 1.54) is 12.3 Å². The Balaban J connectivity index is 1.85. The Morgan fingerprint density at radius 1 is 1.23 bits per heavy atom. The molecule has 0 fully saturated rings. The summed E-state index contributed by atoms with van der Waals surface area (Å²) >= 11 is 5.77. The minimum atomic E-state index is -0.465. The number of pyridine rings is 1. The van der Waals surface area contributed by atoms with Gasteiger partial charge < -0.3 is 15.4 Å². The zero-order valence-corrected chi connectivity index (χ0v) is 12.6. The van der Waals surface area contributed by atoms with Gasteiger partial charge in [-0.1, -0.05) is 11.6 Å². The van der Waals surface area contributed by atoms with Crippen molar-refractivity contribution >= 4 is 29.1 Å². The van der Waals surface area contributed by atoms with Gasteiger partial charge in [-0.05, 0) is 36.4 Å². The van der Waals surface area contributed by atoms with E-state index >= 15 is 0 Å². The van der Waals surface area contributed by atoms with Gasteiger partial charge in [0.25, 0.3) is 5.91 Å². The van der Waals surface area contributed by atoms with Gasteiger partial charge in [0.1, 0.15) is 11.4 Å². The second-order valence-corrected chi connectivity index (χ2v) is 4.76. The summed E-state index contributed by atoms with van der Waals surface area (Å²) in [5, 5.41) is 5.53. The Kier molecular flexibility index (Phi) is 5.32. The first-order chi connectivity index (χ1) is 10.6. The molecule has 2 amide bonds. The summed E-state index contributed by atoms with van der Waals surface area (Å²) in [6.07, 6.45) is 1.43. The van der Waals surface area contributed by atoms with E-state index in [1.807, 2.05) is 0 Å². The minimum absolute atomic E-state index is 0.157. The molecule has 7 heteroatoms. The van der Waals surface area contributed by atoms with Crippen LogP contribution in [0.5, 0.6) is 5.75 Å². The Morgan fingerprint density at radius 3 is 2.59 bits per heavy atom. The van der Waals surface area contributed by atoms with Crippen LogP contribution >= 0.6 is 11.6 Å². The largest absolute Gasteiger partial charge is 0.497 e. The molecule has 22 heavy (non-hydrogen) atoms. The number of hydrogen-bond donors (Lipinski definition) is 2. The van der Waals surface area contributed by atoms with Crippen LogP contribution in [0, 0.1) is 0 Å². The van der Waals surface area contributed by atoms with Crippen LogP contribution < -0.4 is 15.4 Å². The predicted molar refractivity (Wildman–Crippen MR) is 83.2 cm³/mol. The smallest absolute Gasteiger partial charge is 0.270 e. The summed E-state index contributed by atoms with van der Waals surface area (Å²) in [7, 11) is 1.56. The molecule has 0 bridgehead atoms. The molecule has 0 aliphatic heterocycles. The van der Waals surface area contributed by atoms with Crippen molar-refractivity contribution in [1.29, 1.82) is 0 Å². The van der Waals surface area contributed by atoms with Gasteiger partial charge in [-0.15, -0.1) is 0 Å². The summed E-state index contributed by atoms with van der Waals surface area (Å²) in [6, 6.07) is 9.86. The SMILES string of the molecule is COc1ccc(NC(=O)CNC(=O)c2cc(Cl)ccn2)cc1. The summed E-state index contributed by atoms with van der Waals surface area (Å²) < 4.78 is 5.02. The average molecular weight is 320 g/mol. The molecule has 2 N–H and O–H groups in total. The van der Waals surface area contributed by atoms with Crippen molar-refractivity contribution in [2.24, 2.45) is 0 Å². The molecule has 0 atom stereocenters. The van der Waals surface area contributed by atoms with Crippen molar-refractivity contribution in [2.75, 3.05) is 19.0 Å². The number of aromatic nitrogens is 1. The minimum Gasteiger partial charge on any atom is -0.497 e. The molecule has 0 saturated heterocycles. The van der Waals surface area contributed by atoms with E-state index in [0.717, 1.165) is 0 Å². The van der Waals surface area contributed by atoms with Crippen LogP contribution in [0.4, 0.5) is 5.69 Å². The number of anilines is 1. The van der Waals surface area contributed by atoms with Crippen LogP contribution in [-0.4, -0.2) is 30.5 Å². The van der Waals surface area contributed by atoms with Crippen molar-refractivity contribution < 1.29 is 14.3 Å². The fourth-order valence-electron chi connectivity index (χ4n) is 1.66. The van der Waals surface area contributed by atoms with Crippen molar-refractivity contribution in [1.82, 2.24) is 10.3 Å². The molecule has 2 aromatic rings. The molecule has 1 heterocycles. The Morgan fingerprint density at radius 2 is 1.95 bits per heavy atom. The van der Waals surface area contributed by atoms with Crippen LogP contribution in [0.25, 0.3) is 0 Å². The van der Waals surface area contributed by atoms with Crippen LogP contribution in [0.3, 0.4) is 0 Å². The maximum Gasteiger partial charge on any atom is 0.270 e. The highest BCUT2D eigenvalue weighted by Gasteiger charge is 2.10. The lowest BCUT2D eigenvalue weighted by Crippen LogP contribution is -2.33. The molecule has 0 saturated carbocycles. The average Bonchev–Trinajstić information content (AvgIpc) is 2.53. The van der Waals surface area contributed by atoms with E-state index in [1.54, 1.807) is 37.4 Å². The van der Waals surface area contributed by atoms with Crippen LogP contribution in [0.2, 0.25) is 5.02 Å². The number of nitrogens with zero attached hydrogens (tertiary/aromatic N) is 1. The fraction of sp³-hybridized carbons (Fsp3) is 0.133. The first-order valence-corrected chi connectivity index (χ1v) is 6.80. The van der Waals surface area contributed by atoms with Crippen LogP contribution in [-0.2, 0) is 4.79 Å². The summed E-state index contributed by atoms with van der Waals surface area (Å²) in [5.74, 6) is -0.119. The molecular formula is C15H14ClN3O3. The van der Waals surface area contributed by atoms with E-state index in [2.05, 4.69) is 15.6 Å². The molecule has 0 spiro atoms. The zero-order chi connectivity index (χ0) is 15.9. The summed E-state index contributed by atoms with van der Waals surface area (Å²) in [5.41, 5.74) is 0.769. The predicted octanol–water partition coefficient (Wildman–Crippen LogP) is 2.11. The van der Waals surface area contributed by atoms with Crippen molar-refractivity contribution in [3.8, 4) is 5.75 Å². The number of carbonyl (C=O) groups is 2. The van der Waals surface area contributed by atoms with E-state index < -0.39 is 5.91 Å². The highest BCUT2D eigenvalue weighted by atomic mass is 35.5. The molecule has 114 valence electrons. The third-order valence-electron chi connectivity index (χ3n) is 2.74. The first kappa shape index (κ1) is 15.8. The van der Waals surface area contributed by atoms with Gasteiger partial charge in [0.15, 0.2) is 0 Å². The number of nitrogens with one attached hydrogen (secondary N) is 2. The molecule has 0 aliphatic carbocycles. The summed E-state index contributed by atoms with van der Waals surface area (Å²) in [6.45, 7) is -0.168. The lowest BCUT2D eigenvalue weighted by molar-refractivity contribution is -0.115. The molecule has 1 aromatic carbocycles. The van der Waals surface area contributed by atoms with Crippen molar-refractivity contribution in [3.05, 3.63) is 53.3 Å². The van der Waals surface area contributed by atoms with Gasteiger partial charge in [0, 0.05) is 16.9 Å². The number of halogens is 1. The standard InChI is InChI=1S/C15H14ClN3O3/c1-22-12-4-2-11(3-5-12)19-14(20)9-18-15(21)13-8-10(16)6-7-17-13/h2-8H,9H2,1H3,(H,18,21)(H,19,20). The number of rotatable bonds is 5. The van der Waals surface area contributed by atoms with Crippen molar-refractivity contribution in [2.45, 2.75) is 0 Å². The fourth-order valence-corrected chi connectivity index (χ4v) is 1.82. The number of hydrogen-bond acceptors (Lipinski definition) is 4. The second kappa shape index (κ2) is 7.42. The lowest BCUT2D eigenvalue weighted by Gasteiger charge is -2.07. The highest BCUT2D eigenvalue weighted by Crippen LogP contribution is 2.14. The zero-order valence-electron chi connectivity index (χ0n) is 11.8. The monoisotopic (exact) mass is 319 g/mol. The molecule has 6 nitrogen and oxygen atoms in total. The second-order valence-electron chi connectivity index (χ2n) is 4.32. The molecule has 0 unspecified atom stereocenters. The van der Waals surface area contributed by atoms with Gasteiger partial charge in [-0.25, -0.2) is 0 Å². The number of benzene rings is 1. The first-order valence-electron chi connectivity index (χ1n) is 6.42. The third kappa shape index (κ3) is 4.46. The number of carbonyl (C=O) groups excluding carboxylic acids is 2. The quantitative estimate of drug-likeness (QED) is 0.884. The van der Waals surface area contributed by atoms with Gasteiger partial charge in [0.05, 0.1) is 13.7 Å². The molecule has 1 aromatic heterocycles. The number of methoxy groups -OCH3 is 1. The lowest BCUT2D eigenvalue weighted by atomic mass is 10.3. The maximum atomic E-state index is 11.8. The van der Waals surface area contributed by atoms with E-state index in [9.17, 15) is 9.59 Å². The molecule has 0 aliphatic rings. The number of ether oxygens (including phenoxy) is 1. The van der Waals surface area contributed by atoms with E-state index in [4.69, 9.17) is 16.3 Å². The normalized spacial score (nSPS) is 9.91. The van der Waals surface area contributed by atoms with Crippen LogP contribution in [0.1, 0.15) is 10.5 Å². The molecule has 2 rings (SSSR count). The van der Waals surface area contributed by atoms with Gasteiger partial charge in [-0.3, -0.25) is 14.6 Å². The maximum absolute atomic E-state index is 11.8. The number of amides is 2. The van der Waals surface area contributed by atoms with E-state index in [-0.39, 0.29) is 18.1 Å². The Hall–Kier alpha value is -2.60. The van der Waals surface area contributed by atoms with E-state index in [0.29, 0.717) is 16.5 Å². The van der Waals surface area contributed by atoms with Gasteiger partial charge in [0.2, 0.25) is 5.91 Å². The summed E-state index contributed by atoms with van der Waals surface area (Å²) in [4.78, 5) is 27.5. The highest BCUT2D eigenvalue weighted by molar-refractivity contribution is 6.30. The van der Waals surface area contributed by atoms with Gasteiger partial charge in [-0.2, -0.15) is 0 Å². The Bertz CT molecular complexity index is 674.